The summed E-state index contributed by atoms with van der Waals surface area (Å²) < 4.78 is 7.20. The Balaban J connectivity index is 1.37. The number of aliphatic hydroxyl groups excluding tert-OH is 1. The van der Waals surface area contributed by atoms with Crippen LogP contribution in [0.1, 0.15) is 19.4 Å². The minimum atomic E-state index is -0.656. The molecule has 1 unspecified atom stereocenters. The maximum atomic E-state index is 10.6. The fourth-order valence-electron chi connectivity index (χ4n) is 3.96. The van der Waals surface area contributed by atoms with Gasteiger partial charge in [-0.25, -0.2) is 0 Å². The predicted octanol–water partition coefficient (Wildman–Crippen LogP) is 6.22. The zero-order chi connectivity index (χ0) is 23.4. The summed E-state index contributed by atoms with van der Waals surface area (Å²) in [5.41, 5.74) is 12.1. The molecule has 0 saturated heterocycles. The first-order chi connectivity index (χ1) is 15.9. The molecule has 1 aromatic heterocycles. The van der Waals surface area contributed by atoms with E-state index >= 15 is 0 Å². The van der Waals surface area contributed by atoms with E-state index in [9.17, 15) is 5.11 Å². The molecular formula is C25H26IN5O2. The number of nitrogens with one attached hydrogen (secondary N) is 2. The van der Waals surface area contributed by atoms with Crippen LogP contribution in [-0.4, -0.2) is 34.9 Å². The first kappa shape index (κ1) is 23.4. The van der Waals surface area contributed by atoms with Crippen molar-refractivity contribution < 1.29 is 9.84 Å². The molecule has 0 aliphatic heterocycles. The highest BCUT2D eigenvalue weighted by Crippen LogP contribution is 2.35. The molecule has 7 nitrogen and oxygen atoms in total. The van der Waals surface area contributed by atoms with Gasteiger partial charge in [0.05, 0.1) is 10.9 Å². The molecule has 0 fully saturated rings. The molecule has 4 rings (SSSR count). The molecule has 3 N–H and O–H groups in total. The second-order valence-electron chi connectivity index (χ2n) is 8.73. The minimum Gasteiger partial charge on any atom is -0.490 e. The number of nitrogens with zero attached hydrogens (tertiary/aromatic N) is 3. The van der Waals surface area contributed by atoms with Crippen molar-refractivity contribution in [2.75, 3.05) is 13.2 Å². The zero-order valence-corrected chi connectivity index (χ0v) is 20.7. The van der Waals surface area contributed by atoms with Crippen molar-refractivity contribution in [2.24, 2.45) is 5.11 Å². The fraction of sp³-hybridized carbons (Fsp3) is 0.280. The number of aromatic amines is 1. The maximum Gasteiger partial charge on any atom is 0.129 e. The Kier molecular flexibility index (Phi) is 7.09. The van der Waals surface area contributed by atoms with E-state index in [2.05, 4.69) is 68.9 Å². The van der Waals surface area contributed by atoms with Gasteiger partial charge in [-0.3, -0.25) is 0 Å². The van der Waals surface area contributed by atoms with Crippen LogP contribution in [0.3, 0.4) is 0 Å². The highest BCUT2D eigenvalue weighted by atomic mass is 127. The smallest absolute Gasteiger partial charge is 0.129 e. The number of hydrogen-bond donors (Lipinski definition) is 3. The third kappa shape index (κ3) is 5.59. The summed E-state index contributed by atoms with van der Waals surface area (Å²) in [7, 11) is 0. The Bertz CT molecular complexity index is 1310. The van der Waals surface area contributed by atoms with Crippen molar-refractivity contribution in [2.45, 2.75) is 31.9 Å². The van der Waals surface area contributed by atoms with E-state index in [0.717, 1.165) is 43.1 Å². The number of β-amino-alcohol motifs (C(OH)–C–C–N with tert-alkyl or cyclic N) is 1. The summed E-state index contributed by atoms with van der Waals surface area (Å²) in [6.07, 6.45) is 0.112. The van der Waals surface area contributed by atoms with Crippen LogP contribution in [-0.2, 0) is 6.42 Å². The molecule has 0 radical (unpaired) electrons. The quantitative estimate of drug-likeness (QED) is 0.0989. The molecule has 8 heteroatoms. The SMILES string of the molecule is CC(C)(Cc1ccc(N=[N+]=[N-])cc1)NCC(O)COc1ccc(I)c2[nH]c3ccccc3c12. The lowest BCUT2D eigenvalue weighted by molar-refractivity contribution is 0.0996. The average Bonchev–Trinajstić information content (AvgIpc) is 3.20. The largest absolute Gasteiger partial charge is 0.490 e. The van der Waals surface area contributed by atoms with Gasteiger partial charge >= 0.3 is 0 Å². The number of para-hydroxylation sites is 1. The van der Waals surface area contributed by atoms with Crippen LogP contribution in [0, 0.1) is 3.57 Å². The van der Waals surface area contributed by atoms with Gasteiger partial charge in [-0.05, 0) is 72.2 Å². The minimum absolute atomic E-state index is 0.194. The number of azide groups is 1. The van der Waals surface area contributed by atoms with E-state index in [0.29, 0.717) is 12.2 Å². The standard InChI is InChI=1S/C25H26IN5O2/c1-25(2,13-16-7-9-17(10-8-16)30-31-27)28-14-18(32)15-33-22-12-11-20(26)24-23(22)19-5-3-4-6-21(19)29-24/h3-12,18,28-29,32H,13-15H2,1-2H3. The van der Waals surface area contributed by atoms with E-state index in [1.54, 1.807) is 12.1 Å². The molecule has 0 spiro atoms. The summed E-state index contributed by atoms with van der Waals surface area (Å²) in [5.74, 6) is 0.765. The summed E-state index contributed by atoms with van der Waals surface area (Å²) >= 11 is 2.32. The molecule has 170 valence electrons. The van der Waals surface area contributed by atoms with Gasteiger partial charge in [-0.15, -0.1) is 0 Å². The third-order valence-corrected chi connectivity index (χ3v) is 6.46. The van der Waals surface area contributed by atoms with Gasteiger partial charge < -0.3 is 20.1 Å². The Morgan fingerprint density at radius 3 is 2.67 bits per heavy atom. The predicted molar refractivity (Wildman–Crippen MR) is 141 cm³/mol. The molecule has 0 saturated carbocycles. The normalized spacial score (nSPS) is 12.6. The van der Waals surface area contributed by atoms with Crippen LogP contribution in [0.2, 0.25) is 0 Å². The van der Waals surface area contributed by atoms with Gasteiger partial charge in [0.2, 0.25) is 0 Å². The molecular weight excluding hydrogens is 529 g/mol. The zero-order valence-electron chi connectivity index (χ0n) is 18.5. The number of benzene rings is 3. The van der Waals surface area contributed by atoms with E-state index in [-0.39, 0.29) is 12.1 Å². The highest BCUT2D eigenvalue weighted by Gasteiger charge is 2.20. The maximum absolute atomic E-state index is 10.6. The monoisotopic (exact) mass is 555 g/mol. The van der Waals surface area contributed by atoms with Gasteiger partial charge in [0, 0.05) is 37.2 Å². The van der Waals surface area contributed by atoms with E-state index in [1.807, 2.05) is 36.4 Å². The van der Waals surface area contributed by atoms with Crippen LogP contribution in [0.4, 0.5) is 5.69 Å². The Hall–Kier alpha value is -2.78. The Labute approximate surface area is 205 Å². The van der Waals surface area contributed by atoms with Crippen LogP contribution in [0.15, 0.2) is 65.8 Å². The number of H-pyrrole nitrogens is 1. The van der Waals surface area contributed by atoms with Crippen molar-refractivity contribution in [3.05, 3.63) is 80.2 Å². The van der Waals surface area contributed by atoms with Gasteiger partial charge in [0.25, 0.3) is 0 Å². The van der Waals surface area contributed by atoms with Gasteiger partial charge in [0.15, 0.2) is 0 Å². The van der Waals surface area contributed by atoms with E-state index < -0.39 is 6.10 Å². The van der Waals surface area contributed by atoms with Crippen LogP contribution in [0.25, 0.3) is 32.2 Å². The van der Waals surface area contributed by atoms with Crippen LogP contribution < -0.4 is 10.1 Å². The molecule has 0 aliphatic rings. The second kappa shape index (κ2) is 10.0. The number of aromatic nitrogens is 1. The lowest BCUT2D eigenvalue weighted by atomic mass is 9.94. The molecule has 1 heterocycles. The van der Waals surface area contributed by atoms with Crippen LogP contribution in [0.5, 0.6) is 5.75 Å². The fourth-order valence-corrected chi connectivity index (χ4v) is 4.54. The van der Waals surface area contributed by atoms with Crippen molar-refractivity contribution in [3.63, 3.8) is 0 Å². The first-order valence-electron chi connectivity index (χ1n) is 10.8. The molecule has 3 aromatic carbocycles. The second-order valence-corrected chi connectivity index (χ2v) is 9.89. The highest BCUT2D eigenvalue weighted by molar-refractivity contribution is 14.1. The lowest BCUT2D eigenvalue weighted by Gasteiger charge is -2.28. The molecule has 0 aliphatic carbocycles. The van der Waals surface area contributed by atoms with Crippen molar-refractivity contribution in [1.29, 1.82) is 0 Å². The molecule has 1 atom stereocenters. The number of hydrogen-bond acceptors (Lipinski definition) is 4. The average molecular weight is 555 g/mol. The van der Waals surface area contributed by atoms with Crippen molar-refractivity contribution >= 4 is 50.1 Å². The first-order valence-corrected chi connectivity index (χ1v) is 11.8. The number of halogens is 1. The molecule has 4 aromatic rings. The third-order valence-electron chi connectivity index (χ3n) is 5.56. The summed E-state index contributed by atoms with van der Waals surface area (Å²) in [4.78, 5) is 6.27. The Morgan fingerprint density at radius 2 is 1.91 bits per heavy atom. The van der Waals surface area contributed by atoms with Gasteiger partial charge in [0.1, 0.15) is 18.5 Å². The summed E-state index contributed by atoms with van der Waals surface area (Å²) in [6.45, 7) is 4.79. The van der Waals surface area contributed by atoms with Crippen molar-refractivity contribution in [1.82, 2.24) is 10.3 Å². The summed E-state index contributed by atoms with van der Waals surface area (Å²) in [6, 6.07) is 19.7. The van der Waals surface area contributed by atoms with E-state index in [1.165, 1.54) is 0 Å². The Morgan fingerprint density at radius 1 is 1.15 bits per heavy atom. The topological polar surface area (TPSA) is 106 Å². The number of aliphatic hydroxyl groups is 1. The van der Waals surface area contributed by atoms with Gasteiger partial charge in [-0.2, -0.15) is 0 Å². The van der Waals surface area contributed by atoms with Crippen LogP contribution >= 0.6 is 22.6 Å². The molecule has 0 bridgehead atoms. The van der Waals surface area contributed by atoms with Crippen molar-refractivity contribution in [3.8, 4) is 5.75 Å². The summed E-state index contributed by atoms with van der Waals surface area (Å²) in [5, 5.41) is 19.8. The lowest BCUT2D eigenvalue weighted by Crippen LogP contribution is -2.46. The van der Waals surface area contributed by atoms with Gasteiger partial charge in [-0.1, -0.05) is 47.6 Å². The number of ether oxygens (including phenoxy) is 1. The molecule has 33 heavy (non-hydrogen) atoms. The number of fused-ring (bicyclic) bond motifs is 3. The number of rotatable bonds is 9. The molecule has 0 amide bonds. The van der Waals surface area contributed by atoms with E-state index in [4.69, 9.17) is 10.3 Å².